The van der Waals surface area contributed by atoms with Gasteiger partial charge in [0.2, 0.25) is 0 Å². The van der Waals surface area contributed by atoms with Gasteiger partial charge >= 0.3 is 17.9 Å². The standard InChI is InChI=1S/C17H16O7/c1-2-13(9-15(19)20)17(22)23-11-12(10-18)8-16(21)24-14-6-4-3-5-7-14/h3-7,9H,2,8,11H2,1H3,(H,19,20)/b13-9+. The lowest BCUT2D eigenvalue weighted by atomic mass is 10.2. The number of aliphatic carboxylic acids is 1. The summed E-state index contributed by atoms with van der Waals surface area (Å²) in [6, 6.07) is 8.27. The minimum Gasteiger partial charge on any atom is -0.478 e. The van der Waals surface area contributed by atoms with Gasteiger partial charge in [-0.25, -0.2) is 14.4 Å². The predicted octanol–water partition coefficient (Wildman–Crippen LogP) is 1.70. The third kappa shape index (κ3) is 6.72. The average molecular weight is 332 g/mol. The second-order valence-corrected chi connectivity index (χ2v) is 4.61. The van der Waals surface area contributed by atoms with Crippen molar-refractivity contribution in [3.8, 4) is 5.75 Å². The molecule has 0 heterocycles. The summed E-state index contributed by atoms with van der Waals surface area (Å²) in [5.41, 5.74) is -0.172. The molecule has 0 radical (unpaired) electrons. The highest BCUT2D eigenvalue weighted by molar-refractivity contribution is 5.95. The number of carboxylic acids is 1. The number of carboxylic acid groups (broad SMARTS) is 1. The van der Waals surface area contributed by atoms with Crippen LogP contribution < -0.4 is 4.74 Å². The highest BCUT2D eigenvalue weighted by atomic mass is 16.5. The van der Waals surface area contributed by atoms with E-state index < -0.39 is 30.9 Å². The number of benzene rings is 1. The Balaban J connectivity index is 2.56. The Hall–Kier alpha value is -3.18. The highest BCUT2D eigenvalue weighted by Gasteiger charge is 2.15. The monoisotopic (exact) mass is 332 g/mol. The molecule has 7 nitrogen and oxygen atoms in total. The van der Waals surface area contributed by atoms with E-state index in [1.165, 1.54) is 5.94 Å². The molecule has 7 heteroatoms. The van der Waals surface area contributed by atoms with Crippen LogP contribution in [0.5, 0.6) is 5.75 Å². The molecule has 0 bridgehead atoms. The first-order valence-electron chi connectivity index (χ1n) is 7.05. The van der Waals surface area contributed by atoms with Crippen LogP contribution in [0, 0.1) is 0 Å². The van der Waals surface area contributed by atoms with Crippen molar-refractivity contribution < 1.29 is 33.8 Å². The summed E-state index contributed by atoms with van der Waals surface area (Å²) >= 11 is 0. The molecular formula is C17H16O7. The van der Waals surface area contributed by atoms with E-state index in [2.05, 4.69) is 0 Å². The van der Waals surface area contributed by atoms with Crippen molar-refractivity contribution in [3.63, 3.8) is 0 Å². The Kier molecular flexibility index (Phi) is 7.67. The van der Waals surface area contributed by atoms with Gasteiger partial charge in [0.25, 0.3) is 0 Å². The van der Waals surface area contributed by atoms with E-state index in [4.69, 9.17) is 14.6 Å². The topological polar surface area (TPSA) is 107 Å². The number of carbonyl (C=O) groups excluding carboxylic acids is 3. The number of hydrogen-bond acceptors (Lipinski definition) is 6. The molecule has 0 aliphatic carbocycles. The maximum absolute atomic E-state index is 11.7. The number of para-hydroxylation sites is 1. The van der Waals surface area contributed by atoms with Crippen LogP contribution in [0.1, 0.15) is 19.8 Å². The fourth-order valence-electron chi connectivity index (χ4n) is 1.65. The van der Waals surface area contributed by atoms with Crippen LogP contribution in [0.3, 0.4) is 0 Å². The Labute approximate surface area is 138 Å². The molecule has 1 N–H and O–H groups in total. The lowest BCUT2D eigenvalue weighted by Gasteiger charge is -2.07. The molecule has 0 unspecified atom stereocenters. The molecular weight excluding hydrogens is 316 g/mol. The van der Waals surface area contributed by atoms with Crippen LogP contribution in [-0.2, 0) is 23.9 Å². The zero-order valence-corrected chi connectivity index (χ0v) is 13.0. The summed E-state index contributed by atoms with van der Waals surface area (Å²) in [5.74, 6) is -1.00. The van der Waals surface area contributed by atoms with Crippen LogP contribution in [0.15, 0.2) is 47.6 Å². The van der Waals surface area contributed by atoms with Gasteiger partial charge < -0.3 is 14.6 Å². The molecule has 0 fully saturated rings. The van der Waals surface area contributed by atoms with Crippen molar-refractivity contribution in [2.75, 3.05) is 6.61 Å². The molecule has 24 heavy (non-hydrogen) atoms. The zero-order chi connectivity index (χ0) is 17.9. The summed E-state index contributed by atoms with van der Waals surface area (Å²) < 4.78 is 9.83. The maximum atomic E-state index is 11.7. The Morgan fingerprint density at radius 3 is 2.42 bits per heavy atom. The first-order chi connectivity index (χ1) is 11.5. The third-order valence-electron chi connectivity index (χ3n) is 2.80. The maximum Gasteiger partial charge on any atom is 0.334 e. The van der Waals surface area contributed by atoms with Gasteiger partial charge in [-0.15, -0.1) is 0 Å². The van der Waals surface area contributed by atoms with Crippen molar-refractivity contribution >= 4 is 23.8 Å². The van der Waals surface area contributed by atoms with E-state index in [1.807, 2.05) is 0 Å². The lowest BCUT2D eigenvalue weighted by molar-refractivity contribution is -0.140. The number of rotatable bonds is 8. The molecule has 0 amide bonds. The Morgan fingerprint density at radius 1 is 1.21 bits per heavy atom. The molecule has 0 aromatic heterocycles. The second-order valence-electron chi connectivity index (χ2n) is 4.61. The number of carbonyl (C=O) groups is 3. The molecule has 1 aromatic carbocycles. The molecule has 1 rings (SSSR count). The van der Waals surface area contributed by atoms with Crippen LogP contribution in [-0.4, -0.2) is 35.6 Å². The van der Waals surface area contributed by atoms with Crippen molar-refractivity contribution in [2.45, 2.75) is 19.8 Å². The molecule has 0 saturated carbocycles. The van der Waals surface area contributed by atoms with Gasteiger partial charge in [-0.2, -0.15) is 0 Å². The molecule has 0 saturated heterocycles. The molecule has 126 valence electrons. The zero-order valence-electron chi connectivity index (χ0n) is 13.0. The van der Waals surface area contributed by atoms with Crippen LogP contribution in [0.2, 0.25) is 0 Å². The number of ether oxygens (including phenoxy) is 2. The van der Waals surface area contributed by atoms with E-state index in [0.29, 0.717) is 5.75 Å². The third-order valence-corrected chi connectivity index (χ3v) is 2.80. The van der Waals surface area contributed by atoms with Gasteiger partial charge in [-0.3, -0.25) is 4.79 Å². The number of hydrogen-bond donors (Lipinski definition) is 1. The molecule has 0 spiro atoms. The van der Waals surface area contributed by atoms with E-state index in [1.54, 1.807) is 37.3 Å². The van der Waals surface area contributed by atoms with Gasteiger partial charge in [0.05, 0.1) is 12.0 Å². The summed E-state index contributed by atoms with van der Waals surface area (Å²) in [6.07, 6.45) is 0.493. The van der Waals surface area contributed by atoms with Crippen LogP contribution >= 0.6 is 0 Å². The highest BCUT2D eigenvalue weighted by Crippen LogP contribution is 2.11. The second kappa shape index (κ2) is 9.76. The van der Waals surface area contributed by atoms with Crippen molar-refractivity contribution in [1.82, 2.24) is 0 Å². The minimum absolute atomic E-state index is 0.0559. The largest absolute Gasteiger partial charge is 0.478 e. The van der Waals surface area contributed by atoms with Crippen molar-refractivity contribution in [1.29, 1.82) is 0 Å². The van der Waals surface area contributed by atoms with E-state index in [9.17, 15) is 19.2 Å². The van der Waals surface area contributed by atoms with Gasteiger partial charge in [-0.05, 0) is 18.6 Å². The van der Waals surface area contributed by atoms with Gasteiger partial charge in [0.1, 0.15) is 18.3 Å². The fraction of sp³-hybridized carbons (Fsp3) is 0.235. The Morgan fingerprint density at radius 2 is 1.88 bits per heavy atom. The van der Waals surface area contributed by atoms with E-state index in [-0.39, 0.29) is 17.6 Å². The van der Waals surface area contributed by atoms with Crippen molar-refractivity contribution in [2.24, 2.45) is 0 Å². The van der Waals surface area contributed by atoms with Crippen LogP contribution in [0.25, 0.3) is 0 Å². The summed E-state index contributed by atoms with van der Waals surface area (Å²) in [4.78, 5) is 44.8. The minimum atomic E-state index is -1.28. The van der Waals surface area contributed by atoms with Crippen LogP contribution in [0.4, 0.5) is 0 Å². The predicted molar refractivity (Wildman–Crippen MR) is 82.9 cm³/mol. The van der Waals surface area contributed by atoms with Gasteiger partial charge in [0, 0.05) is 11.6 Å². The molecule has 1 aromatic rings. The molecule has 0 atom stereocenters. The first-order valence-corrected chi connectivity index (χ1v) is 7.05. The lowest BCUT2D eigenvalue weighted by Crippen LogP contribution is -2.15. The molecule has 0 aliphatic rings. The summed E-state index contributed by atoms with van der Waals surface area (Å²) in [5, 5.41) is 8.63. The van der Waals surface area contributed by atoms with Crippen molar-refractivity contribution in [3.05, 3.63) is 47.6 Å². The average Bonchev–Trinajstić information content (AvgIpc) is 2.56. The smallest absolute Gasteiger partial charge is 0.334 e. The first kappa shape index (κ1) is 18.9. The molecule has 0 aliphatic heterocycles. The quantitative estimate of drug-likeness (QED) is 0.334. The number of esters is 2. The van der Waals surface area contributed by atoms with Gasteiger partial charge in [0.15, 0.2) is 0 Å². The Bertz CT molecular complexity index is 682. The fourth-order valence-corrected chi connectivity index (χ4v) is 1.65. The van der Waals surface area contributed by atoms with E-state index >= 15 is 0 Å². The summed E-state index contributed by atoms with van der Waals surface area (Å²) in [6.45, 7) is 1.12. The van der Waals surface area contributed by atoms with Gasteiger partial charge in [-0.1, -0.05) is 25.1 Å². The van der Waals surface area contributed by atoms with E-state index in [0.717, 1.165) is 6.08 Å². The SMILES string of the molecule is CC/C(=C\C(=O)O)C(=O)OCC(=C=O)CC(=O)Oc1ccccc1. The summed E-state index contributed by atoms with van der Waals surface area (Å²) in [7, 11) is 0. The normalized spacial score (nSPS) is 10.5.